The van der Waals surface area contributed by atoms with Gasteiger partial charge in [-0.1, -0.05) is 60.7 Å². The Hall–Kier alpha value is -3.86. The first-order valence-corrected chi connectivity index (χ1v) is 10.3. The lowest BCUT2D eigenvalue weighted by molar-refractivity contribution is -0.137. The highest BCUT2D eigenvalue weighted by Crippen LogP contribution is 2.26. The number of nitrogens with zero attached hydrogens (tertiary/aromatic N) is 2. The molecule has 3 aromatic carbocycles. The molecule has 5 nitrogen and oxygen atoms in total. The molecule has 4 aromatic rings. The van der Waals surface area contributed by atoms with E-state index in [0.717, 1.165) is 22.5 Å². The standard InChI is InChI=1S/C26H22N2O3/c29-24(30)14-8-7-13-22-25(18-9-3-1-4-10-18)28-21-16-15-20(17-23(21)27-22)26(31)19-11-5-2-6-12-19/h1-6,9-12,15-17H,7-8,13-14H2,(H,29,30). The lowest BCUT2D eigenvalue weighted by Gasteiger charge is -2.11. The number of carboxylic acid groups (broad SMARTS) is 1. The van der Waals surface area contributed by atoms with Crippen LogP contribution in [0.15, 0.2) is 78.9 Å². The first-order chi connectivity index (χ1) is 15.1. The van der Waals surface area contributed by atoms with Crippen LogP contribution in [0.4, 0.5) is 0 Å². The molecule has 1 N–H and O–H groups in total. The molecule has 0 atom stereocenters. The van der Waals surface area contributed by atoms with Gasteiger partial charge in [-0.2, -0.15) is 0 Å². The van der Waals surface area contributed by atoms with E-state index in [4.69, 9.17) is 15.1 Å². The number of aryl methyl sites for hydroxylation is 1. The van der Waals surface area contributed by atoms with Crippen molar-refractivity contribution in [3.05, 3.63) is 95.7 Å². The van der Waals surface area contributed by atoms with Crippen molar-refractivity contribution >= 4 is 22.8 Å². The highest BCUT2D eigenvalue weighted by atomic mass is 16.4. The van der Waals surface area contributed by atoms with E-state index in [9.17, 15) is 9.59 Å². The second-order valence-corrected chi connectivity index (χ2v) is 7.38. The van der Waals surface area contributed by atoms with Crippen LogP contribution in [0.25, 0.3) is 22.3 Å². The van der Waals surface area contributed by atoms with Gasteiger partial charge in [0.05, 0.1) is 22.4 Å². The first kappa shape index (κ1) is 20.4. The average Bonchev–Trinajstić information content (AvgIpc) is 2.81. The monoisotopic (exact) mass is 410 g/mol. The molecular weight excluding hydrogens is 388 g/mol. The summed E-state index contributed by atoms with van der Waals surface area (Å²) in [4.78, 5) is 33.4. The van der Waals surface area contributed by atoms with Gasteiger partial charge in [-0.3, -0.25) is 9.59 Å². The van der Waals surface area contributed by atoms with Crippen molar-refractivity contribution in [2.45, 2.75) is 25.7 Å². The Labute approximate surface area is 180 Å². The van der Waals surface area contributed by atoms with Crippen LogP contribution < -0.4 is 0 Å². The zero-order chi connectivity index (χ0) is 21.6. The van der Waals surface area contributed by atoms with Crippen molar-refractivity contribution in [3.8, 4) is 11.3 Å². The predicted molar refractivity (Wildman–Crippen MR) is 120 cm³/mol. The van der Waals surface area contributed by atoms with Gasteiger partial charge in [0.25, 0.3) is 0 Å². The molecule has 0 aliphatic carbocycles. The molecular formula is C26H22N2O3. The Morgan fingerprint density at radius 1 is 0.742 bits per heavy atom. The Balaban J connectivity index is 1.72. The quantitative estimate of drug-likeness (QED) is 0.314. The predicted octanol–water partition coefficient (Wildman–Crippen LogP) is 5.33. The second-order valence-electron chi connectivity index (χ2n) is 7.38. The summed E-state index contributed by atoms with van der Waals surface area (Å²) in [6.07, 6.45) is 2.04. The van der Waals surface area contributed by atoms with Crippen LogP contribution in [0.2, 0.25) is 0 Å². The summed E-state index contributed by atoms with van der Waals surface area (Å²) >= 11 is 0. The van der Waals surface area contributed by atoms with Crippen molar-refractivity contribution in [2.75, 3.05) is 0 Å². The molecule has 0 saturated heterocycles. The van der Waals surface area contributed by atoms with Crippen molar-refractivity contribution in [3.63, 3.8) is 0 Å². The van der Waals surface area contributed by atoms with Crippen molar-refractivity contribution in [1.29, 1.82) is 0 Å². The van der Waals surface area contributed by atoms with E-state index in [2.05, 4.69) is 0 Å². The average molecular weight is 410 g/mol. The molecule has 0 aliphatic heterocycles. The van der Waals surface area contributed by atoms with Gasteiger partial charge < -0.3 is 5.11 Å². The molecule has 0 amide bonds. The van der Waals surface area contributed by atoms with Crippen molar-refractivity contribution in [2.24, 2.45) is 0 Å². The number of hydrogen-bond acceptors (Lipinski definition) is 4. The Morgan fingerprint density at radius 3 is 2.16 bits per heavy atom. The highest BCUT2D eigenvalue weighted by Gasteiger charge is 2.14. The molecule has 31 heavy (non-hydrogen) atoms. The zero-order valence-corrected chi connectivity index (χ0v) is 17.0. The fourth-order valence-corrected chi connectivity index (χ4v) is 3.56. The molecule has 0 bridgehead atoms. The van der Waals surface area contributed by atoms with Gasteiger partial charge >= 0.3 is 5.97 Å². The van der Waals surface area contributed by atoms with Gasteiger partial charge in [0.15, 0.2) is 5.78 Å². The fourth-order valence-electron chi connectivity index (χ4n) is 3.56. The van der Waals surface area contributed by atoms with Crippen LogP contribution in [-0.2, 0) is 11.2 Å². The summed E-state index contributed by atoms with van der Waals surface area (Å²) in [6, 6.07) is 24.4. The number of unbranched alkanes of at least 4 members (excludes halogenated alkanes) is 1. The minimum absolute atomic E-state index is 0.0561. The number of fused-ring (bicyclic) bond motifs is 1. The number of aliphatic carboxylic acids is 1. The number of rotatable bonds is 8. The Bertz CT molecular complexity index is 1220. The van der Waals surface area contributed by atoms with E-state index >= 15 is 0 Å². The topological polar surface area (TPSA) is 80.1 Å². The summed E-state index contributed by atoms with van der Waals surface area (Å²) < 4.78 is 0. The summed E-state index contributed by atoms with van der Waals surface area (Å²) in [5.41, 5.74) is 5.16. The number of carbonyl (C=O) groups is 2. The lowest BCUT2D eigenvalue weighted by Crippen LogP contribution is -2.04. The first-order valence-electron chi connectivity index (χ1n) is 10.3. The van der Waals surface area contributed by atoms with Crippen LogP contribution in [0.5, 0.6) is 0 Å². The minimum Gasteiger partial charge on any atom is -0.481 e. The third-order valence-corrected chi connectivity index (χ3v) is 5.14. The maximum absolute atomic E-state index is 12.8. The van der Waals surface area contributed by atoms with Crippen LogP contribution in [-0.4, -0.2) is 26.8 Å². The number of benzene rings is 3. The van der Waals surface area contributed by atoms with Crippen molar-refractivity contribution < 1.29 is 14.7 Å². The number of aromatic nitrogens is 2. The number of carboxylic acids is 1. The Kier molecular flexibility index (Phi) is 6.13. The van der Waals surface area contributed by atoms with E-state index in [-0.39, 0.29) is 12.2 Å². The molecule has 0 spiro atoms. The highest BCUT2D eigenvalue weighted by molar-refractivity contribution is 6.10. The van der Waals surface area contributed by atoms with E-state index in [0.29, 0.717) is 35.9 Å². The molecule has 1 aromatic heterocycles. The molecule has 4 rings (SSSR count). The maximum Gasteiger partial charge on any atom is 0.303 e. The summed E-state index contributed by atoms with van der Waals surface area (Å²) in [6.45, 7) is 0. The molecule has 0 saturated carbocycles. The van der Waals surface area contributed by atoms with Crippen molar-refractivity contribution in [1.82, 2.24) is 9.97 Å². The zero-order valence-electron chi connectivity index (χ0n) is 17.0. The van der Waals surface area contributed by atoms with Gasteiger partial charge in [-0.05, 0) is 37.5 Å². The lowest BCUT2D eigenvalue weighted by atomic mass is 10.0. The van der Waals surface area contributed by atoms with Gasteiger partial charge in [0, 0.05) is 23.1 Å². The number of hydrogen-bond donors (Lipinski definition) is 1. The van der Waals surface area contributed by atoms with E-state index < -0.39 is 5.97 Å². The van der Waals surface area contributed by atoms with Crippen LogP contribution in [0, 0.1) is 0 Å². The third-order valence-electron chi connectivity index (χ3n) is 5.14. The van der Waals surface area contributed by atoms with Gasteiger partial charge in [0.1, 0.15) is 0 Å². The summed E-state index contributed by atoms with van der Waals surface area (Å²) in [7, 11) is 0. The molecule has 1 heterocycles. The van der Waals surface area contributed by atoms with Crippen LogP contribution in [0.1, 0.15) is 40.9 Å². The molecule has 0 aliphatic rings. The summed E-state index contributed by atoms with van der Waals surface area (Å²) in [5.74, 6) is -0.851. The normalized spacial score (nSPS) is 10.8. The Morgan fingerprint density at radius 2 is 1.45 bits per heavy atom. The SMILES string of the molecule is O=C(O)CCCCc1nc2cc(C(=O)c3ccccc3)ccc2nc1-c1ccccc1. The molecule has 154 valence electrons. The van der Waals surface area contributed by atoms with E-state index in [1.165, 1.54) is 0 Å². The molecule has 0 fully saturated rings. The molecule has 0 unspecified atom stereocenters. The minimum atomic E-state index is -0.794. The fraction of sp³-hybridized carbons (Fsp3) is 0.154. The van der Waals surface area contributed by atoms with E-state index in [1.807, 2.05) is 54.6 Å². The smallest absolute Gasteiger partial charge is 0.303 e. The largest absolute Gasteiger partial charge is 0.481 e. The van der Waals surface area contributed by atoms with Gasteiger partial charge in [-0.15, -0.1) is 0 Å². The summed E-state index contributed by atoms with van der Waals surface area (Å²) in [5, 5.41) is 8.90. The third kappa shape index (κ3) is 4.83. The van der Waals surface area contributed by atoms with Crippen LogP contribution >= 0.6 is 0 Å². The number of ketones is 1. The number of carbonyl (C=O) groups excluding carboxylic acids is 1. The second kappa shape index (κ2) is 9.30. The van der Waals surface area contributed by atoms with E-state index in [1.54, 1.807) is 24.3 Å². The van der Waals surface area contributed by atoms with Crippen LogP contribution in [0.3, 0.4) is 0 Å². The van der Waals surface area contributed by atoms with Gasteiger partial charge in [-0.25, -0.2) is 9.97 Å². The maximum atomic E-state index is 12.8. The molecule has 5 heteroatoms. The molecule has 0 radical (unpaired) electrons. The van der Waals surface area contributed by atoms with Gasteiger partial charge in [0.2, 0.25) is 0 Å².